The summed E-state index contributed by atoms with van der Waals surface area (Å²) in [4.78, 5) is 21.5. The maximum absolute atomic E-state index is 13.6. The zero-order valence-electron chi connectivity index (χ0n) is 18.1. The molecule has 2 heterocycles. The number of carbonyl (C=O) groups is 1. The topological polar surface area (TPSA) is 49.6 Å². The van der Waals surface area contributed by atoms with Crippen LogP contribution in [0.15, 0.2) is 71.1 Å². The maximum Gasteiger partial charge on any atom is 0.254 e. The van der Waals surface area contributed by atoms with Crippen LogP contribution in [0.25, 0.3) is 22.2 Å². The summed E-state index contributed by atoms with van der Waals surface area (Å²) in [5.41, 5.74) is 5.10. The van der Waals surface area contributed by atoms with E-state index >= 15 is 0 Å². The van der Waals surface area contributed by atoms with Crippen LogP contribution in [0, 0.1) is 5.82 Å². The number of oxazole rings is 1. The summed E-state index contributed by atoms with van der Waals surface area (Å²) in [5, 5.41) is 0. The summed E-state index contributed by atoms with van der Waals surface area (Å²) in [7, 11) is 4.03. The highest BCUT2D eigenvalue weighted by Gasteiger charge is 2.34. The summed E-state index contributed by atoms with van der Waals surface area (Å²) in [6.45, 7) is 0.599. The predicted molar refractivity (Wildman–Crippen MR) is 123 cm³/mol. The molecule has 5 rings (SSSR count). The summed E-state index contributed by atoms with van der Waals surface area (Å²) in [6.07, 6.45) is 1.63. The first-order valence-corrected chi connectivity index (χ1v) is 10.7. The molecule has 5 nitrogen and oxygen atoms in total. The van der Waals surface area contributed by atoms with Crippen LogP contribution in [0.1, 0.15) is 35.1 Å². The second kappa shape index (κ2) is 8.11. The Labute approximate surface area is 186 Å². The molecular formula is C26H24FN3O2. The van der Waals surface area contributed by atoms with Crippen molar-refractivity contribution >= 4 is 22.7 Å². The van der Waals surface area contributed by atoms with E-state index in [0.29, 0.717) is 23.6 Å². The number of hydrogen-bond acceptors (Lipinski definition) is 4. The van der Waals surface area contributed by atoms with E-state index in [1.165, 1.54) is 12.1 Å². The molecule has 6 heteroatoms. The molecule has 1 aromatic heterocycles. The number of nitrogens with zero attached hydrogens (tertiary/aromatic N) is 3. The molecule has 1 saturated heterocycles. The Morgan fingerprint density at radius 1 is 1.06 bits per heavy atom. The highest BCUT2D eigenvalue weighted by atomic mass is 19.1. The molecule has 0 N–H and O–H groups in total. The van der Waals surface area contributed by atoms with Crippen LogP contribution in [0.4, 0.5) is 10.1 Å². The lowest BCUT2D eigenvalue weighted by Gasteiger charge is -2.22. The minimum Gasteiger partial charge on any atom is -0.438 e. The minimum atomic E-state index is -0.417. The van der Waals surface area contributed by atoms with Crippen LogP contribution < -0.4 is 4.90 Å². The van der Waals surface area contributed by atoms with E-state index in [-0.39, 0.29) is 11.9 Å². The van der Waals surface area contributed by atoms with Gasteiger partial charge in [0.2, 0.25) is 5.89 Å². The SMILES string of the molecule is CN(C)c1ccc(-c2ccc3oc(C4CCCN4C(=O)c4cccc(F)c4)nc3c2)cc1. The molecule has 1 aliphatic heterocycles. The first kappa shape index (κ1) is 20.2. The van der Waals surface area contributed by atoms with Crippen molar-refractivity contribution in [1.82, 2.24) is 9.88 Å². The normalized spacial score (nSPS) is 16.0. The summed E-state index contributed by atoms with van der Waals surface area (Å²) in [6, 6.07) is 19.9. The highest BCUT2D eigenvalue weighted by Crippen LogP contribution is 2.35. The van der Waals surface area contributed by atoms with Gasteiger partial charge >= 0.3 is 0 Å². The first-order chi connectivity index (χ1) is 15.5. The maximum atomic E-state index is 13.6. The molecule has 0 radical (unpaired) electrons. The second-order valence-electron chi connectivity index (χ2n) is 8.34. The average molecular weight is 429 g/mol. The number of anilines is 1. The van der Waals surface area contributed by atoms with E-state index < -0.39 is 5.82 Å². The van der Waals surface area contributed by atoms with E-state index in [1.54, 1.807) is 17.0 Å². The van der Waals surface area contributed by atoms with Crippen LogP contribution in [-0.2, 0) is 0 Å². The van der Waals surface area contributed by atoms with E-state index in [9.17, 15) is 9.18 Å². The fourth-order valence-electron chi connectivity index (χ4n) is 4.27. The minimum absolute atomic E-state index is 0.198. The Kier molecular flexibility index (Phi) is 5.13. The van der Waals surface area contributed by atoms with E-state index in [4.69, 9.17) is 9.40 Å². The Morgan fingerprint density at radius 3 is 2.59 bits per heavy atom. The molecule has 32 heavy (non-hydrogen) atoms. The molecule has 0 aliphatic carbocycles. The standard InChI is InChI=1S/C26H24FN3O2/c1-29(2)21-11-8-17(9-12-21)18-10-13-24-22(16-18)28-25(32-24)23-7-4-14-30(23)26(31)19-5-3-6-20(27)15-19/h3,5-6,8-13,15-16,23H,4,7,14H2,1-2H3. The van der Waals surface area contributed by atoms with Crippen molar-refractivity contribution in [3.63, 3.8) is 0 Å². The third-order valence-corrected chi connectivity index (χ3v) is 5.99. The number of rotatable bonds is 4. The van der Waals surface area contributed by atoms with E-state index in [2.05, 4.69) is 29.2 Å². The number of hydrogen-bond donors (Lipinski definition) is 0. The van der Waals surface area contributed by atoms with Gasteiger partial charge in [-0.2, -0.15) is 0 Å². The van der Waals surface area contributed by atoms with Crippen molar-refractivity contribution < 1.29 is 13.6 Å². The quantitative estimate of drug-likeness (QED) is 0.419. The Morgan fingerprint density at radius 2 is 1.84 bits per heavy atom. The molecule has 0 bridgehead atoms. The van der Waals surface area contributed by atoms with Gasteiger partial charge in [-0.1, -0.05) is 24.3 Å². The van der Waals surface area contributed by atoms with Crippen molar-refractivity contribution in [1.29, 1.82) is 0 Å². The zero-order chi connectivity index (χ0) is 22.2. The number of likely N-dealkylation sites (tertiary alicyclic amines) is 1. The van der Waals surface area contributed by atoms with Crippen LogP contribution in [0.2, 0.25) is 0 Å². The Hall–Kier alpha value is -3.67. The van der Waals surface area contributed by atoms with Crippen LogP contribution in [0.5, 0.6) is 0 Å². The lowest BCUT2D eigenvalue weighted by Crippen LogP contribution is -2.30. The largest absolute Gasteiger partial charge is 0.438 e. The number of halogens is 1. The van der Waals surface area contributed by atoms with Crippen LogP contribution in [-0.4, -0.2) is 36.4 Å². The smallest absolute Gasteiger partial charge is 0.254 e. The van der Waals surface area contributed by atoms with Gasteiger partial charge in [0.15, 0.2) is 5.58 Å². The summed E-state index contributed by atoms with van der Waals surface area (Å²) < 4.78 is 19.7. The zero-order valence-corrected chi connectivity index (χ0v) is 18.1. The molecule has 1 aliphatic rings. The third-order valence-electron chi connectivity index (χ3n) is 5.99. The molecule has 0 spiro atoms. The molecule has 1 unspecified atom stereocenters. The van der Waals surface area contributed by atoms with Crippen molar-refractivity contribution in [3.05, 3.63) is 84.0 Å². The molecule has 4 aromatic rings. The summed E-state index contributed by atoms with van der Waals surface area (Å²) >= 11 is 0. The predicted octanol–water partition coefficient (Wildman–Crippen LogP) is 5.68. The van der Waals surface area contributed by atoms with E-state index in [1.807, 2.05) is 32.3 Å². The lowest BCUT2D eigenvalue weighted by molar-refractivity contribution is 0.0716. The van der Waals surface area contributed by atoms with Gasteiger partial charge in [0.1, 0.15) is 17.4 Å². The molecule has 0 saturated carbocycles. The van der Waals surface area contributed by atoms with Gasteiger partial charge in [-0.05, 0) is 66.4 Å². The number of carbonyl (C=O) groups excluding carboxylic acids is 1. The van der Waals surface area contributed by atoms with Crippen LogP contribution >= 0.6 is 0 Å². The van der Waals surface area contributed by atoms with Gasteiger partial charge in [0.25, 0.3) is 5.91 Å². The number of benzene rings is 3. The van der Waals surface area contributed by atoms with Gasteiger partial charge in [-0.3, -0.25) is 4.79 Å². The fourth-order valence-corrected chi connectivity index (χ4v) is 4.27. The molecule has 3 aromatic carbocycles. The van der Waals surface area contributed by atoms with Gasteiger partial charge in [0.05, 0.1) is 0 Å². The average Bonchev–Trinajstić information content (AvgIpc) is 3.45. The van der Waals surface area contributed by atoms with Crippen molar-refractivity contribution in [2.75, 3.05) is 25.5 Å². The fraction of sp³-hybridized carbons (Fsp3) is 0.231. The van der Waals surface area contributed by atoms with Crippen molar-refractivity contribution in [2.45, 2.75) is 18.9 Å². The van der Waals surface area contributed by atoms with Gasteiger partial charge in [-0.25, -0.2) is 9.37 Å². The van der Waals surface area contributed by atoms with Gasteiger partial charge in [-0.15, -0.1) is 0 Å². The van der Waals surface area contributed by atoms with Crippen molar-refractivity contribution in [2.24, 2.45) is 0 Å². The number of aromatic nitrogens is 1. The molecule has 1 fully saturated rings. The number of amides is 1. The van der Waals surface area contributed by atoms with Gasteiger partial charge < -0.3 is 14.2 Å². The van der Waals surface area contributed by atoms with Crippen molar-refractivity contribution in [3.8, 4) is 11.1 Å². The number of fused-ring (bicyclic) bond motifs is 1. The Bertz CT molecular complexity index is 1280. The molecule has 1 atom stereocenters. The second-order valence-corrected chi connectivity index (χ2v) is 8.34. The van der Waals surface area contributed by atoms with Gasteiger partial charge in [0, 0.05) is 31.9 Å². The highest BCUT2D eigenvalue weighted by molar-refractivity contribution is 5.94. The lowest BCUT2D eigenvalue weighted by atomic mass is 10.0. The van der Waals surface area contributed by atoms with Crippen LogP contribution in [0.3, 0.4) is 0 Å². The Balaban J connectivity index is 1.43. The van der Waals surface area contributed by atoms with E-state index in [0.717, 1.165) is 35.2 Å². The monoisotopic (exact) mass is 429 g/mol. The molecule has 1 amide bonds. The third kappa shape index (κ3) is 3.73. The first-order valence-electron chi connectivity index (χ1n) is 10.7. The molecule has 162 valence electrons. The molecular weight excluding hydrogens is 405 g/mol. The summed E-state index contributed by atoms with van der Waals surface area (Å²) in [5.74, 6) is -0.0853.